The van der Waals surface area contributed by atoms with Gasteiger partial charge in [-0.2, -0.15) is 0 Å². The second kappa shape index (κ2) is 8.05. The summed E-state index contributed by atoms with van der Waals surface area (Å²) in [6.45, 7) is 4.03. The van der Waals surface area contributed by atoms with Crippen molar-refractivity contribution in [3.63, 3.8) is 0 Å². The summed E-state index contributed by atoms with van der Waals surface area (Å²) in [6.07, 6.45) is 1.83. The third-order valence-electron chi connectivity index (χ3n) is 6.45. The number of hydrogen-bond donors (Lipinski definition) is 1. The minimum atomic E-state index is -0.0604. The molecule has 6 rings (SSSR count). The van der Waals surface area contributed by atoms with Crippen LogP contribution < -0.4 is 14.8 Å². The molecule has 3 aliphatic rings. The van der Waals surface area contributed by atoms with Crippen molar-refractivity contribution in [2.24, 2.45) is 0 Å². The number of amides is 1. The van der Waals surface area contributed by atoms with E-state index in [9.17, 15) is 4.79 Å². The van der Waals surface area contributed by atoms with Crippen molar-refractivity contribution in [2.75, 3.05) is 26.3 Å². The molecule has 0 unspecified atom stereocenters. The van der Waals surface area contributed by atoms with Crippen LogP contribution in [0.3, 0.4) is 0 Å². The molecule has 1 N–H and O–H groups in total. The molecule has 7 nitrogen and oxygen atoms in total. The van der Waals surface area contributed by atoms with Crippen molar-refractivity contribution in [2.45, 2.75) is 31.5 Å². The highest BCUT2D eigenvalue weighted by molar-refractivity contribution is 5.95. The van der Waals surface area contributed by atoms with Crippen molar-refractivity contribution < 1.29 is 14.3 Å². The fourth-order valence-electron chi connectivity index (χ4n) is 4.95. The number of carbonyl (C=O) groups excluding carboxylic acids is 1. The zero-order valence-electron chi connectivity index (χ0n) is 17.1. The lowest BCUT2D eigenvalue weighted by Gasteiger charge is -2.42. The van der Waals surface area contributed by atoms with Gasteiger partial charge in [-0.15, -0.1) is 12.4 Å². The normalized spacial score (nSPS) is 22.2. The van der Waals surface area contributed by atoms with Gasteiger partial charge in [0.25, 0.3) is 5.91 Å². The van der Waals surface area contributed by atoms with Crippen molar-refractivity contribution in [3.05, 3.63) is 53.9 Å². The molecule has 8 heteroatoms. The predicted molar refractivity (Wildman–Crippen MR) is 119 cm³/mol. The molecule has 3 aromatic rings. The molecule has 4 heterocycles. The molecule has 0 spiro atoms. The summed E-state index contributed by atoms with van der Waals surface area (Å²) in [6, 6.07) is 14.1. The molecule has 1 fully saturated rings. The molecule has 0 aliphatic carbocycles. The van der Waals surface area contributed by atoms with E-state index in [1.54, 1.807) is 12.1 Å². The number of halogens is 1. The van der Waals surface area contributed by atoms with E-state index in [1.807, 2.05) is 12.1 Å². The topological polar surface area (TPSA) is 68.6 Å². The Morgan fingerprint density at radius 2 is 1.87 bits per heavy atom. The number of carbonyl (C=O) groups is 1. The summed E-state index contributed by atoms with van der Waals surface area (Å²) >= 11 is 0. The molecule has 0 bridgehead atoms. The number of ether oxygens (including phenoxy) is 2. The van der Waals surface area contributed by atoms with Gasteiger partial charge in [-0.25, -0.2) is 4.98 Å². The Balaban J connectivity index is 0.00000204. The molecule has 3 aliphatic heterocycles. The smallest absolute Gasteiger partial charge is 0.251 e. The largest absolute Gasteiger partial charge is 0.486 e. The van der Waals surface area contributed by atoms with Crippen LogP contribution in [0.2, 0.25) is 0 Å². The molecule has 31 heavy (non-hydrogen) atoms. The number of hydrogen-bond acceptors (Lipinski definition) is 5. The predicted octanol–water partition coefficient (Wildman–Crippen LogP) is 3.18. The minimum absolute atomic E-state index is 0. The van der Waals surface area contributed by atoms with Crippen LogP contribution in [-0.4, -0.2) is 52.7 Å². The molecule has 1 saturated heterocycles. The number of nitrogens with one attached hydrogen (secondary N) is 1. The lowest BCUT2D eigenvalue weighted by atomic mass is 9.94. The van der Waals surface area contributed by atoms with Crippen molar-refractivity contribution in [1.29, 1.82) is 0 Å². The van der Waals surface area contributed by atoms with Crippen LogP contribution in [0.25, 0.3) is 11.0 Å². The zero-order valence-corrected chi connectivity index (χ0v) is 17.9. The van der Waals surface area contributed by atoms with Gasteiger partial charge in [0.15, 0.2) is 11.5 Å². The van der Waals surface area contributed by atoms with Crippen LogP contribution in [0, 0.1) is 0 Å². The van der Waals surface area contributed by atoms with Gasteiger partial charge in [-0.1, -0.05) is 12.1 Å². The van der Waals surface area contributed by atoms with Crippen LogP contribution in [-0.2, 0) is 6.54 Å². The first-order valence-corrected chi connectivity index (χ1v) is 10.7. The molecular weight excluding hydrogens is 416 g/mol. The minimum Gasteiger partial charge on any atom is -0.486 e. The van der Waals surface area contributed by atoms with Crippen LogP contribution in [0.4, 0.5) is 0 Å². The Morgan fingerprint density at radius 3 is 2.77 bits per heavy atom. The van der Waals surface area contributed by atoms with Crippen molar-refractivity contribution in [3.8, 4) is 11.5 Å². The zero-order chi connectivity index (χ0) is 20.1. The Morgan fingerprint density at radius 1 is 1.03 bits per heavy atom. The van der Waals surface area contributed by atoms with Crippen molar-refractivity contribution >= 4 is 29.3 Å². The highest BCUT2D eigenvalue weighted by Crippen LogP contribution is 2.36. The molecule has 2 aromatic carbocycles. The molecule has 162 valence electrons. The van der Waals surface area contributed by atoms with E-state index < -0.39 is 0 Å². The Kier molecular flexibility index (Phi) is 5.24. The highest BCUT2D eigenvalue weighted by atomic mass is 35.5. The third kappa shape index (κ3) is 3.51. The first kappa shape index (κ1) is 20.2. The van der Waals surface area contributed by atoms with Crippen molar-refractivity contribution in [1.82, 2.24) is 19.8 Å². The number of benzene rings is 2. The Labute approximate surface area is 186 Å². The van der Waals surface area contributed by atoms with Gasteiger partial charge in [0, 0.05) is 31.2 Å². The number of para-hydroxylation sites is 2. The van der Waals surface area contributed by atoms with Gasteiger partial charge >= 0.3 is 0 Å². The van der Waals surface area contributed by atoms with Gasteiger partial charge in [0.1, 0.15) is 19.0 Å². The van der Waals surface area contributed by atoms with Crippen LogP contribution in [0.1, 0.15) is 35.1 Å². The summed E-state index contributed by atoms with van der Waals surface area (Å²) in [5, 5.41) is 3.24. The maximum Gasteiger partial charge on any atom is 0.251 e. The lowest BCUT2D eigenvalue weighted by molar-refractivity contribution is 0.0778. The molecular formula is C23H25ClN4O3. The summed E-state index contributed by atoms with van der Waals surface area (Å²) in [4.78, 5) is 20.3. The van der Waals surface area contributed by atoms with Gasteiger partial charge in [0.05, 0.1) is 17.1 Å². The average molecular weight is 441 g/mol. The Hall–Kier alpha value is -2.77. The number of fused-ring (bicyclic) bond motifs is 6. The summed E-state index contributed by atoms with van der Waals surface area (Å²) < 4.78 is 13.5. The van der Waals surface area contributed by atoms with E-state index in [0.29, 0.717) is 30.3 Å². The van der Waals surface area contributed by atoms with E-state index in [4.69, 9.17) is 14.5 Å². The third-order valence-corrected chi connectivity index (χ3v) is 6.45. The lowest BCUT2D eigenvalue weighted by Crippen LogP contribution is -2.49. The van der Waals surface area contributed by atoms with E-state index in [2.05, 4.69) is 33.0 Å². The summed E-state index contributed by atoms with van der Waals surface area (Å²) in [5.41, 5.74) is 2.86. The Bertz CT molecular complexity index is 1130. The SMILES string of the molecule is Cl.O=C(N[C@@H]1CCN2CCn3c(nc4ccccc43)[C@H]2C1)c1ccc2c(c1)OCCO2. The van der Waals surface area contributed by atoms with Gasteiger partial charge in [-0.3, -0.25) is 9.69 Å². The van der Waals surface area contributed by atoms with E-state index >= 15 is 0 Å². The monoisotopic (exact) mass is 440 g/mol. The number of rotatable bonds is 2. The molecule has 0 radical (unpaired) electrons. The second-order valence-corrected chi connectivity index (χ2v) is 8.22. The first-order valence-electron chi connectivity index (χ1n) is 10.7. The summed E-state index contributed by atoms with van der Waals surface area (Å²) in [7, 11) is 0. The first-order chi connectivity index (χ1) is 14.8. The van der Waals surface area contributed by atoms with Gasteiger partial charge < -0.3 is 19.4 Å². The maximum absolute atomic E-state index is 12.9. The average Bonchev–Trinajstić information content (AvgIpc) is 3.18. The number of piperidine rings is 1. The van der Waals surface area contributed by atoms with Gasteiger partial charge in [-0.05, 0) is 43.2 Å². The second-order valence-electron chi connectivity index (χ2n) is 8.22. The fraction of sp³-hybridized carbons (Fsp3) is 0.391. The quantitative estimate of drug-likeness (QED) is 0.662. The standard InChI is InChI=1S/C23H24N4O3.ClH/c28-23(15-5-6-20-21(13-15)30-12-11-29-20)24-16-7-8-26-9-10-27-18-4-2-1-3-17(18)25-22(27)19(26)14-16;/h1-6,13,16,19H,7-12,14H2,(H,24,28);1H/t16-,19-;/m1./s1. The number of nitrogens with zero attached hydrogens (tertiary/aromatic N) is 3. The highest BCUT2D eigenvalue weighted by Gasteiger charge is 2.36. The molecule has 1 amide bonds. The van der Waals surface area contributed by atoms with Crippen LogP contribution in [0.5, 0.6) is 11.5 Å². The summed E-state index contributed by atoms with van der Waals surface area (Å²) in [5.74, 6) is 2.41. The number of aromatic nitrogens is 2. The fourth-order valence-corrected chi connectivity index (χ4v) is 4.95. The maximum atomic E-state index is 12.9. The molecule has 2 atom stereocenters. The molecule has 1 aromatic heterocycles. The van der Waals surface area contributed by atoms with Gasteiger partial charge in [0.2, 0.25) is 0 Å². The number of imidazole rings is 1. The van der Waals surface area contributed by atoms with E-state index in [-0.39, 0.29) is 30.4 Å². The van der Waals surface area contributed by atoms with E-state index in [0.717, 1.165) is 43.8 Å². The van der Waals surface area contributed by atoms with Crippen LogP contribution in [0.15, 0.2) is 42.5 Å². The van der Waals surface area contributed by atoms with E-state index in [1.165, 1.54) is 5.52 Å². The van der Waals surface area contributed by atoms with Crippen LogP contribution >= 0.6 is 12.4 Å². The molecule has 0 saturated carbocycles.